The second kappa shape index (κ2) is 7.87. The number of likely N-dealkylation sites (N-methyl/N-ethyl adjacent to an activating group) is 1. The first-order valence-electron chi connectivity index (χ1n) is 7.78. The van der Waals surface area contributed by atoms with E-state index in [4.69, 9.17) is 5.73 Å². The Balaban J connectivity index is 4.54. The summed E-state index contributed by atoms with van der Waals surface area (Å²) in [5.74, 6) is 0. The predicted octanol–water partition coefficient (Wildman–Crippen LogP) is 3.22. The Morgan fingerprint density at radius 1 is 1.20 bits per heavy atom. The van der Waals surface area contributed by atoms with Crippen LogP contribution in [-0.4, -0.2) is 37.1 Å². The molecule has 1 unspecified atom stereocenters. The molecule has 0 aromatic carbocycles. The molecule has 4 heteroatoms. The smallest absolute Gasteiger partial charge is 0.312 e. The zero-order valence-corrected chi connectivity index (χ0v) is 14.5. The fourth-order valence-corrected chi connectivity index (χ4v) is 1.98. The molecule has 0 aliphatic heterocycles. The van der Waals surface area contributed by atoms with Crippen LogP contribution in [0.2, 0.25) is 0 Å². The molecule has 0 saturated heterocycles. The molecule has 0 heterocycles. The van der Waals surface area contributed by atoms with Gasteiger partial charge >= 0.3 is 6.03 Å². The zero-order valence-electron chi connectivity index (χ0n) is 14.5. The maximum Gasteiger partial charge on any atom is 0.312 e. The van der Waals surface area contributed by atoms with Crippen molar-refractivity contribution < 1.29 is 4.79 Å². The third-order valence-electron chi connectivity index (χ3n) is 4.79. The molecule has 120 valence electrons. The van der Waals surface area contributed by atoms with E-state index in [0.717, 1.165) is 25.9 Å². The van der Waals surface area contributed by atoms with Gasteiger partial charge in [0.25, 0.3) is 0 Å². The van der Waals surface area contributed by atoms with Crippen LogP contribution in [0.5, 0.6) is 0 Å². The first kappa shape index (κ1) is 19.2. The van der Waals surface area contributed by atoms with Crippen LogP contribution in [0.4, 0.5) is 4.79 Å². The van der Waals surface area contributed by atoms with Gasteiger partial charge in [-0.15, -0.1) is 0 Å². The second-order valence-corrected chi connectivity index (χ2v) is 7.43. The molecule has 0 fully saturated rings. The van der Waals surface area contributed by atoms with Crippen LogP contribution < -0.4 is 11.1 Å². The number of hydrogen-bond donors (Lipinski definition) is 2. The summed E-state index contributed by atoms with van der Waals surface area (Å²) < 4.78 is 0. The monoisotopic (exact) mass is 285 g/mol. The SMILES string of the molecule is CCC(C)(C)CCN(C)CC(NC(N)=O)C(C)(C)CC. The number of primary amides is 1. The number of nitrogens with one attached hydrogen (secondary N) is 1. The fourth-order valence-electron chi connectivity index (χ4n) is 1.98. The van der Waals surface area contributed by atoms with E-state index < -0.39 is 6.03 Å². The average Bonchev–Trinajstić information content (AvgIpc) is 2.35. The quantitative estimate of drug-likeness (QED) is 0.683. The standard InChI is InChI=1S/C16H35N3O/c1-8-15(3,4)10-11-19(7)12-13(18-14(17)20)16(5,6)9-2/h13H,8-12H2,1-7H3,(H3,17,18,20). The Labute approximate surface area is 125 Å². The average molecular weight is 285 g/mol. The Kier molecular flexibility index (Phi) is 7.56. The Morgan fingerprint density at radius 2 is 1.75 bits per heavy atom. The Hall–Kier alpha value is -0.770. The van der Waals surface area contributed by atoms with Gasteiger partial charge in [0.1, 0.15) is 0 Å². The van der Waals surface area contributed by atoms with E-state index in [1.54, 1.807) is 0 Å². The van der Waals surface area contributed by atoms with E-state index in [0.29, 0.717) is 5.41 Å². The zero-order chi connectivity index (χ0) is 16.0. The van der Waals surface area contributed by atoms with Gasteiger partial charge in [-0.05, 0) is 37.3 Å². The minimum Gasteiger partial charge on any atom is -0.352 e. The highest BCUT2D eigenvalue weighted by atomic mass is 16.2. The van der Waals surface area contributed by atoms with Crippen LogP contribution in [0.3, 0.4) is 0 Å². The summed E-state index contributed by atoms with van der Waals surface area (Å²) in [7, 11) is 2.12. The molecule has 20 heavy (non-hydrogen) atoms. The van der Waals surface area contributed by atoms with Gasteiger partial charge in [0.05, 0.1) is 0 Å². The lowest BCUT2D eigenvalue weighted by Gasteiger charge is -2.37. The van der Waals surface area contributed by atoms with Crippen molar-refractivity contribution in [1.29, 1.82) is 0 Å². The van der Waals surface area contributed by atoms with E-state index in [1.807, 2.05) is 0 Å². The number of urea groups is 1. The largest absolute Gasteiger partial charge is 0.352 e. The van der Waals surface area contributed by atoms with Crippen LogP contribution in [0.1, 0.15) is 60.8 Å². The number of carbonyl (C=O) groups is 1. The Morgan fingerprint density at radius 3 is 2.15 bits per heavy atom. The maximum absolute atomic E-state index is 11.2. The summed E-state index contributed by atoms with van der Waals surface area (Å²) in [6, 6.07) is -0.349. The molecule has 0 aliphatic carbocycles. The summed E-state index contributed by atoms with van der Waals surface area (Å²) in [5.41, 5.74) is 5.74. The molecule has 0 rings (SSSR count). The lowest BCUT2D eigenvalue weighted by molar-refractivity contribution is 0.161. The molecule has 0 aromatic rings. The lowest BCUT2D eigenvalue weighted by Crippen LogP contribution is -2.52. The summed E-state index contributed by atoms with van der Waals surface area (Å²) in [6.45, 7) is 15.2. The highest BCUT2D eigenvalue weighted by Gasteiger charge is 2.30. The first-order valence-corrected chi connectivity index (χ1v) is 7.78. The van der Waals surface area contributed by atoms with Gasteiger partial charge in [0, 0.05) is 12.6 Å². The number of nitrogens with zero attached hydrogens (tertiary/aromatic N) is 1. The molecule has 0 saturated carbocycles. The molecule has 2 amide bonds. The van der Waals surface area contributed by atoms with Gasteiger partial charge in [0.15, 0.2) is 0 Å². The number of amides is 2. The van der Waals surface area contributed by atoms with Gasteiger partial charge in [-0.3, -0.25) is 0 Å². The number of carbonyl (C=O) groups excluding carboxylic acids is 1. The fraction of sp³-hybridized carbons (Fsp3) is 0.938. The van der Waals surface area contributed by atoms with Gasteiger partial charge in [-0.1, -0.05) is 48.0 Å². The third-order valence-corrected chi connectivity index (χ3v) is 4.79. The molecule has 1 atom stereocenters. The highest BCUT2D eigenvalue weighted by molar-refractivity contribution is 5.72. The normalized spacial score (nSPS) is 14.4. The molecule has 0 radical (unpaired) electrons. The van der Waals surface area contributed by atoms with Crippen molar-refractivity contribution in [2.45, 2.75) is 66.8 Å². The summed E-state index contributed by atoms with van der Waals surface area (Å²) in [4.78, 5) is 13.5. The summed E-state index contributed by atoms with van der Waals surface area (Å²) in [5, 5.41) is 2.91. The van der Waals surface area contributed by atoms with Crippen LogP contribution >= 0.6 is 0 Å². The molecule has 0 aromatic heterocycles. The maximum atomic E-state index is 11.2. The molecule has 0 spiro atoms. The van der Waals surface area contributed by atoms with E-state index in [2.05, 4.69) is 58.8 Å². The second-order valence-electron chi connectivity index (χ2n) is 7.43. The molecule has 3 N–H and O–H groups in total. The minimum absolute atomic E-state index is 0.0452. The predicted molar refractivity (Wildman–Crippen MR) is 86.8 cm³/mol. The third kappa shape index (κ3) is 7.13. The molecular weight excluding hydrogens is 250 g/mol. The minimum atomic E-state index is -0.432. The Bertz CT molecular complexity index is 300. The van der Waals surface area contributed by atoms with Gasteiger partial charge in [-0.25, -0.2) is 4.79 Å². The van der Waals surface area contributed by atoms with Gasteiger partial charge in [0.2, 0.25) is 0 Å². The van der Waals surface area contributed by atoms with E-state index in [-0.39, 0.29) is 11.5 Å². The van der Waals surface area contributed by atoms with E-state index in [9.17, 15) is 4.79 Å². The first-order chi connectivity index (χ1) is 9.04. The van der Waals surface area contributed by atoms with Gasteiger partial charge in [-0.2, -0.15) is 0 Å². The van der Waals surface area contributed by atoms with Crippen molar-refractivity contribution in [3.05, 3.63) is 0 Å². The van der Waals surface area contributed by atoms with Crippen molar-refractivity contribution >= 4 is 6.03 Å². The lowest BCUT2D eigenvalue weighted by atomic mass is 9.81. The summed E-state index contributed by atoms with van der Waals surface area (Å²) >= 11 is 0. The molecule has 4 nitrogen and oxygen atoms in total. The number of hydrogen-bond acceptors (Lipinski definition) is 2. The highest BCUT2D eigenvalue weighted by Crippen LogP contribution is 2.27. The number of rotatable bonds is 9. The van der Waals surface area contributed by atoms with Crippen molar-refractivity contribution in [2.75, 3.05) is 20.1 Å². The van der Waals surface area contributed by atoms with Crippen molar-refractivity contribution in [2.24, 2.45) is 16.6 Å². The van der Waals surface area contributed by atoms with E-state index in [1.165, 1.54) is 6.42 Å². The van der Waals surface area contributed by atoms with E-state index >= 15 is 0 Å². The van der Waals surface area contributed by atoms with Crippen LogP contribution in [0.15, 0.2) is 0 Å². The van der Waals surface area contributed by atoms with Crippen LogP contribution in [0.25, 0.3) is 0 Å². The number of nitrogens with two attached hydrogens (primary N) is 1. The molecule has 0 bridgehead atoms. The molecule has 0 aliphatic rings. The van der Waals surface area contributed by atoms with Crippen LogP contribution in [-0.2, 0) is 0 Å². The van der Waals surface area contributed by atoms with Crippen molar-refractivity contribution in [3.8, 4) is 0 Å². The van der Waals surface area contributed by atoms with Crippen molar-refractivity contribution in [3.63, 3.8) is 0 Å². The molecular formula is C16H35N3O. The van der Waals surface area contributed by atoms with Crippen molar-refractivity contribution in [1.82, 2.24) is 10.2 Å². The summed E-state index contributed by atoms with van der Waals surface area (Å²) in [6.07, 6.45) is 3.35. The van der Waals surface area contributed by atoms with Crippen LogP contribution in [0, 0.1) is 10.8 Å². The topological polar surface area (TPSA) is 58.4 Å². The van der Waals surface area contributed by atoms with Gasteiger partial charge < -0.3 is 16.0 Å².